The number of aryl methyl sites for hydroxylation is 5. The van der Waals surface area contributed by atoms with Crippen molar-refractivity contribution in [2.24, 2.45) is 0 Å². The molecule has 0 saturated carbocycles. The normalized spacial score (nSPS) is 11.1. The highest BCUT2D eigenvalue weighted by Gasteiger charge is 2.12. The van der Waals surface area contributed by atoms with Gasteiger partial charge < -0.3 is 14.6 Å². The average Bonchev–Trinajstić information content (AvgIpc) is 3.20. The van der Waals surface area contributed by atoms with Gasteiger partial charge in [0.25, 0.3) is 5.91 Å². The molecule has 0 bridgehead atoms. The maximum absolute atomic E-state index is 12.5. The van der Waals surface area contributed by atoms with Crippen molar-refractivity contribution < 1.29 is 9.53 Å². The Morgan fingerprint density at radius 3 is 2.44 bits per heavy atom. The van der Waals surface area contributed by atoms with Crippen LogP contribution in [0.3, 0.4) is 0 Å². The van der Waals surface area contributed by atoms with Crippen LogP contribution >= 0.6 is 0 Å². The smallest absolute Gasteiger partial charge is 0.251 e. The van der Waals surface area contributed by atoms with Crippen molar-refractivity contribution in [3.8, 4) is 5.75 Å². The molecule has 1 aromatic heterocycles. The maximum atomic E-state index is 12.5. The van der Waals surface area contributed by atoms with Gasteiger partial charge in [0.2, 0.25) is 0 Å². The number of hydrogen-bond donors (Lipinski definition) is 1. The molecule has 4 rings (SSSR count). The number of nitrogens with one attached hydrogen (secondary N) is 1. The largest absolute Gasteiger partial charge is 0.491 e. The highest BCUT2D eigenvalue weighted by molar-refractivity contribution is 5.95. The molecular weight excluding hydrogens is 446 g/mol. The van der Waals surface area contributed by atoms with Crippen molar-refractivity contribution in [1.29, 1.82) is 0 Å². The lowest BCUT2D eigenvalue weighted by Gasteiger charge is -2.14. The van der Waals surface area contributed by atoms with Crippen LogP contribution in [-0.4, -0.2) is 28.6 Å². The van der Waals surface area contributed by atoms with Crippen molar-refractivity contribution in [1.82, 2.24) is 14.9 Å². The van der Waals surface area contributed by atoms with Gasteiger partial charge in [-0.25, -0.2) is 4.98 Å². The summed E-state index contributed by atoms with van der Waals surface area (Å²) in [5, 5.41) is 3.07. The van der Waals surface area contributed by atoms with E-state index in [-0.39, 0.29) is 5.91 Å². The molecule has 0 radical (unpaired) electrons. The number of ether oxygens (including phenoxy) is 1. The van der Waals surface area contributed by atoms with Gasteiger partial charge in [0.15, 0.2) is 0 Å². The Morgan fingerprint density at radius 2 is 1.67 bits per heavy atom. The number of benzene rings is 3. The number of rotatable bonds is 11. The number of amides is 1. The minimum absolute atomic E-state index is 0.0122. The number of unbranched alkanes of at least 4 members (excludes halogenated alkanes) is 2. The van der Waals surface area contributed by atoms with Crippen LogP contribution < -0.4 is 10.1 Å². The first-order valence-electron chi connectivity index (χ1n) is 12.9. The van der Waals surface area contributed by atoms with Crippen molar-refractivity contribution in [3.63, 3.8) is 0 Å². The van der Waals surface area contributed by atoms with E-state index < -0.39 is 0 Å². The molecule has 0 aliphatic carbocycles. The lowest BCUT2D eigenvalue weighted by Crippen LogP contribution is -2.25. The van der Waals surface area contributed by atoms with Crippen LogP contribution in [0.15, 0.2) is 60.7 Å². The number of carbonyl (C=O) groups is 1. The highest BCUT2D eigenvalue weighted by atomic mass is 16.5. The van der Waals surface area contributed by atoms with Gasteiger partial charge in [-0.1, -0.05) is 54.4 Å². The Balaban J connectivity index is 1.29. The zero-order valence-electron chi connectivity index (χ0n) is 21.9. The lowest BCUT2D eigenvalue weighted by atomic mass is 10.1. The van der Waals surface area contributed by atoms with E-state index in [1.807, 2.05) is 38.1 Å². The summed E-state index contributed by atoms with van der Waals surface area (Å²) in [7, 11) is 0. The van der Waals surface area contributed by atoms with Crippen LogP contribution in [-0.2, 0) is 13.0 Å². The van der Waals surface area contributed by atoms with Crippen LogP contribution in [0.1, 0.15) is 57.7 Å². The third kappa shape index (κ3) is 6.14. The van der Waals surface area contributed by atoms with Crippen molar-refractivity contribution in [2.75, 3.05) is 13.2 Å². The summed E-state index contributed by atoms with van der Waals surface area (Å²) in [5.74, 6) is 2.09. The first-order valence-corrected chi connectivity index (χ1v) is 12.9. The molecule has 1 amide bonds. The van der Waals surface area contributed by atoms with Crippen LogP contribution in [0.4, 0.5) is 0 Å². The molecule has 0 saturated heterocycles. The van der Waals surface area contributed by atoms with Crippen molar-refractivity contribution in [2.45, 2.75) is 59.9 Å². The predicted octanol–water partition coefficient (Wildman–Crippen LogP) is 6.49. The Hall–Kier alpha value is -3.60. The van der Waals surface area contributed by atoms with Gasteiger partial charge in [-0.05, 0) is 75.4 Å². The SMILES string of the molecule is Cc1ccc(C(=O)NCCCCCc2nc3ccccc3n2CCOc2c(C)cccc2C)c(C)c1. The van der Waals surface area contributed by atoms with Crippen LogP contribution in [0.5, 0.6) is 5.75 Å². The summed E-state index contributed by atoms with van der Waals surface area (Å²) < 4.78 is 8.48. The fraction of sp³-hybridized carbons (Fsp3) is 0.355. The quantitative estimate of drug-likeness (QED) is 0.248. The third-order valence-corrected chi connectivity index (χ3v) is 6.69. The fourth-order valence-electron chi connectivity index (χ4n) is 4.78. The first kappa shape index (κ1) is 25.5. The van der Waals surface area contributed by atoms with Gasteiger partial charge >= 0.3 is 0 Å². The second-order valence-corrected chi connectivity index (χ2v) is 9.62. The van der Waals surface area contributed by atoms with Crippen LogP contribution in [0.2, 0.25) is 0 Å². The molecule has 0 spiro atoms. The van der Waals surface area contributed by atoms with E-state index >= 15 is 0 Å². The first-order chi connectivity index (χ1) is 17.4. The Morgan fingerprint density at radius 1 is 0.889 bits per heavy atom. The molecule has 1 heterocycles. The molecule has 5 nitrogen and oxygen atoms in total. The molecular formula is C31H37N3O2. The van der Waals surface area contributed by atoms with E-state index in [0.29, 0.717) is 13.2 Å². The fourth-order valence-corrected chi connectivity index (χ4v) is 4.78. The van der Waals surface area contributed by atoms with Gasteiger partial charge in [-0.15, -0.1) is 0 Å². The van der Waals surface area contributed by atoms with E-state index in [4.69, 9.17) is 9.72 Å². The second-order valence-electron chi connectivity index (χ2n) is 9.62. The molecule has 0 atom stereocenters. The minimum atomic E-state index is 0.0122. The Kier molecular flexibility index (Phi) is 8.42. The summed E-state index contributed by atoms with van der Waals surface area (Å²) in [5.41, 5.74) is 7.46. The van der Waals surface area contributed by atoms with E-state index in [1.54, 1.807) is 0 Å². The van der Waals surface area contributed by atoms with Crippen molar-refractivity contribution >= 4 is 16.9 Å². The summed E-state index contributed by atoms with van der Waals surface area (Å²) in [6.07, 6.45) is 3.92. The van der Waals surface area contributed by atoms with Crippen LogP contribution in [0.25, 0.3) is 11.0 Å². The number of nitrogens with zero attached hydrogens (tertiary/aromatic N) is 2. The minimum Gasteiger partial charge on any atom is -0.491 e. The monoisotopic (exact) mass is 483 g/mol. The van der Waals surface area contributed by atoms with Crippen LogP contribution in [0, 0.1) is 27.7 Å². The Bertz CT molecular complexity index is 1320. The predicted molar refractivity (Wildman–Crippen MR) is 147 cm³/mol. The number of hydrogen-bond acceptors (Lipinski definition) is 3. The van der Waals surface area contributed by atoms with Gasteiger partial charge in [-0.2, -0.15) is 0 Å². The zero-order chi connectivity index (χ0) is 25.5. The molecule has 0 fully saturated rings. The van der Waals surface area contributed by atoms with Gasteiger partial charge in [0.05, 0.1) is 17.6 Å². The van der Waals surface area contributed by atoms with Gasteiger partial charge in [0.1, 0.15) is 18.2 Å². The van der Waals surface area contributed by atoms with Gasteiger partial charge in [0, 0.05) is 18.5 Å². The van der Waals surface area contributed by atoms with E-state index in [1.165, 1.54) is 5.56 Å². The number of para-hydroxylation sites is 3. The number of carbonyl (C=O) groups excluding carboxylic acids is 1. The van der Waals surface area contributed by atoms with Gasteiger partial charge in [-0.3, -0.25) is 4.79 Å². The zero-order valence-corrected chi connectivity index (χ0v) is 21.9. The number of fused-ring (bicyclic) bond motifs is 1. The topological polar surface area (TPSA) is 56.2 Å². The van der Waals surface area contributed by atoms with E-state index in [2.05, 4.69) is 60.1 Å². The Labute approximate surface area is 214 Å². The van der Waals surface area contributed by atoms with E-state index in [0.717, 1.165) is 77.1 Å². The number of imidazole rings is 1. The molecule has 3 aromatic carbocycles. The summed E-state index contributed by atoms with van der Waals surface area (Å²) >= 11 is 0. The molecule has 1 N–H and O–H groups in total. The second kappa shape index (κ2) is 11.9. The maximum Gasteiger partial charge on any atom is 0.251 e. The summed E-state index contributed by atoms with van der Waals surface area (Å²) in [4.78, 5) is 17.4. The molecule has 36 heavy (non-hydrogen) atoms. The third-order valence-electron chi connectivity index (χ3n) is 6.69. The molecule has 188 valence electrons. The lowest BCUT2D eigenvalue weighted by molar-refractivity contribution is 0.0952. The molecule has 0 unspecified atom stereocenters. The number of aromatic nitrogens is 2. The van der Waals surface area contributed by atoms with Crippen molar-refractivity contribution in [3.05, 3.63) is 94.3 Å². The average molecular weight is 484 g/mol. The molecule has 4 aromatic rings. The summed E-state index contributed by atoms with van der Waals surface area (Å²) in [6.45, 7) is 10.3. The molecule has 5 heteroatoms. The highest BCUT2D eigenvalue weighted by Crippen LogP contribution is 2.23. The molecule has 0 aliphatic rings. The van der Waals surface area contributed by atoms with E-state index in [9.17, 15) is 4.79 Å². The standard InChI is InChI=1S/C31H37N3O2/c1-22-16-17-26(25(4)21-22)31(35)32-18-9-5-6-15-29-33-27-13-7-8-14-28(27)34(29)19-20-36-30-23(2)11-10-12-24(30)3/h7-8,10-14,16-17,21H,5-6,9,15,18-20H2,1-4H3,(H,32,35). The molecule has 0 aliphatic heterocycles. The summed E-state index contributed by atoms with van der Waals surface area (Å²) in [6, 6.07) is 20.5.